The molecule has 0 radical (unpaired) electrons. The summed E-state index contributed by atoms with van der Waals surface area (Å²) in [5, 5.41) is 0. The van der Waals surface area contributed by atoms with Gasteiger partial charge in [-0.3, -0.25) is 9.59 Å². The molecule has 25 heavy (non-hydrogen) atoms. The van der Waals surface area contributed by atoms with Crippen molar-refractivity contribution in [2.45, 2.75) is 19.3 Å². The number of carbonyl (C=O) groups excluding carboxylic acids is 2. The van der Waals surface area contributed by atoms with E-state index in [0.717, 1.165) is 44.7 Å². The Morgan fingerprint density at radius 1 is 0.800 bits per heavy atom. The van der Waals surface area contributed by atoms with Crippen molar-refractivity contribution in [3.63, 3.8) is 0 Å². The molecule has 0 spiro atoms. The first kappa shape index (κ1) is 16.4. The maximum atomic E-state index is 13.0. The van der Waals surface area contributed by atoms with Gasteiger partial charge in [0, 0.05) is 45.0 Å². The van der Waals surface area contributed by atoms with E-state index >= 15 is 0 Å². The molecule has 3 aliphatic rings. The summed E-state index contributed by atoms with van der Waals surface area (Å²) in [4.78, 5) is 31.0. The normalized spacial score (nSPS) is 26.0. The molecule has 4 rings (SSSR count). The summed E-state index contributed by atoms with van der Waals surface area (Å²) in [6, 6.07) is 6.48. The van der Waals surface area contributed by atoms with Crippen LogP contribution in [0.2, 0.25) is 0 Å². The Bertz CT molecular complexity index is 649. The minimum absolute atomic E-state index is 0.0827. The number of piperazine rings is 1. The molecule has 2 aliphatic heterocycles. The van der Waals surface area contributed by atoms with Crippen LogP contribution in [0.15, 0.2) is 24.3 Å². The zero-order valence-electron chi connectivity index (χ0n) is 14.4. The first-order valence-electron chi connectivity index (χ1n) is 9.21. The maximum Gasteiger partial charge on any atom is 0.226 e. The van der Waals surface area contributed by atoms with Gasteiger partial charge in [-0.15, -0.1) is 0 Å². The van der Waals surface area contributed by atoms with Crippen LogP contribution in [-0.4, -0.2) is 60.9 Å². The zero-order valence-corrected chi connectivity index (χ0v) is 14.4. The van der Waals surface area contributed by atoms with Crippen molar-refractivity contribution in [3.05, 3.63) is 30.1 Å². The molecule has 1 aromatic carbocycles. The number of nitrogens with zero attached hydrogens (tertiary/aromatic N) is 3. The monoisotopic (exact) mass is 345 g/mol. The highest BCUT2D eigenvalue weighted by molar-refractivity contribution is 5.92. The van der Waals surface area contributed by atoms with E-state index in [2.05, 4.69) is 4.90 Å². The summed E-state index contributed by atoms with van der Waals surface area (Å²) in [5.74, 6) is -0.108. The highest BCUT2D eigenvalue weighted by Crippen LogP contribution is 2.42. The summed E-state index contributed by atoms with van der Waals surface area (Å²) in [5.41, 5.74) is 0.988. The number of rotatable bonds is 3. The number of benzene rings is 1. The molecule has 0 N–H and O–H groups in total. The van der Waals surface area contributed by atoms with Crippen molar-refractivity contribution in [3.8, 4) is 0 Å². The Balaban J connectivity index is 1.29. The Morgan fingerprint density at radius 3 is 1.88 bits per heavy atom. The van der Waals surface area contributed by atoms with Crippen molar-refractivity contribution < 1.29 is 14.0 Å². The smallest absolute Gasteiger partial charge is 0.226 e. The number of amides is 2. The third kappa shape index (κ3) is 3.34. The summed E-state index contributed by atoms with van der Waals surface area (Å²) in [7, 11) is 0. The van der Waals surface area contributed by atoms with Crippen molar-refractivity contribution in [1.82, 2.24) is 9.80 Å². The number of anilines is 1. The van der Waals surface area contributed by atoms with Gasteiger partial charge in [-0.05, 0) is 43.5 Å². The van der Waals surface area contributed by atoms with Gasteiger partial charge in [0.2, 0.25) is 11.8 Å². The van der Waals surface area contributed by atoms with Gasteiger partial charge in [-0.2, -0.15) is 0 Å². The van der Waals surface area contributed by atoms with E-state index in [4.69, 9.17) is 0 Å². The summed E-state index contributed by atoms with van der Waals surface area (Å²) in [6.07, 6.45) is 2.89. The average molecular weight is 345 g/mol. The van der Waals surface area contributed by atoms with E-state index in [1.165, 1.54) is 12.1 Å². The van der Waals surface area contributed by atoms with E-state index in [1.54, 1.807) is 12.1 Å². The van der Waals surface area contributed by atoms with Gasteiger partial charge in [-0.25, -0.2) is 4.39 Å². The molecule has 2 heterocycles. The molecule has 0 bridgehead atoms. The van der Waals surface area contributed by atoms with Gasteiger partial charge in [0.25, 0.3) is 0 Å². The fraction of sp³-hybridized carbons (Fsp3) is 0.579. The van der Waals surface area contributed by atoms with Crippen molar-refractivity contribution in [1.29, 1.82) is 0 Å². The Kier molecular flexibility index (Phi) is 4.36. The fourth-order valence-electron chi connectivity index (χ4n) is 3.98. The second-order valence-corrected chi connectivity index (χ2v) is 7.27. The summed E-state index contributed by atoms with van der Waals surface area (Å²) < 4.78 is 13.0. The Morgan fingerprint density at radius 2 is 1.32 bits per heavy atom. The van der Waals surface area contributed by atoms with E-state index < -0.39 is 0 Å². The molecular weight excluding hydrogens is 321 g/mol. The predicted octanol–water partition coefficient (Wildman–Crippen LogP) is 1.73. The molecule has 2 saturated heterocycles. The lowest BCUT2D eigenvalue weighted by atomic mass is 10.2. The van der Waals surface area contributed by atoms with E-state index in [9.17, 15) is 14.0 Å². The second-order valence-electron chi connectivity index (χ2n) is 7.27. The minimum atomic E-state index is -0.236. The number of hydrogen-bond donors (Lipinski definition) is 0. The zero-order chi connectivity index (χ0) is 17.4. The Hall–Kier alpha value is -2.11. The maximum absolute atomic E-state index is 13.0. The molecule has 0 aromatic heterocycles. The second kappa shape index (κ2) is 6.65. The first-order valence-corrected chi connectivity index (χ1v) is 9.21. The van der Waals surface area contributed by atoms with Crippen LogP contribution in [0.4, 0.5) is 10.1 Å². The lowest BCUT2D eigenvalue weighted by Crippen LogP contribution is -2.49. The summed E-state index contributed by atoms with van der Waals surface area (Å²) >= 11 is 0. The largest absolute Gasteiger partial charge is 0.368 e. The van der Waals surface area contributed by atoms with Gasteiger partial charge in [-0.1, -0.05) is 0 Å². The third-order valence-electron chi connectivity index (χ3n) is 5.63. The molecule has 2 atom stereocenters. The van der Waals surface area contributed by atoms with Crippen LogP contribution in [0.1, 0.15) is 19.3 Å². The molecule has 5 nitrogen and oxygen atoms in total. The standard InChI is InChI=1S/C19H24FN3O2/c20-14-3-5-15(6-4-14)21-9-11-23(12-10-21)19(25)17-13-16(17)18(24)22-7-1-2-8-22/h3-6,16-17H,1-2,7-13H2. The molecule has 3 fully saturated rings. The first-order chi connectivity index (χ1) is 12.1. The SMILES string of the molecule is O=C(C1CC1C(=O)N1CCN(c2ccc(F)cc2)CC1)N1CCCC1. The highest BCUT2D eigenvalue weighted by atomic mass is 19.1. The number of likely N-dealkylation sites (tertiary alicyclic amines) is 1. The molecule has 2 unspecified atom stereocenters. The van der Waals surface area contributed by atoms with Crippen LogP contribution in [0.3, 0.4) is 0 Å². The minimum Gasteiger partial charge on any atom is -0.368 e. The average Bonchev–Trinajstić information content (AvgIpc) is 3.25. The molecule has 1 saturated carbocycles. The summed E-state index contributed by atoms with van der Waals surface area (Å²) in [6.45, 7) is 4.53. The van der Waals surface area contributed by atoms with Crippen molar-refractivity contribution in [2.24, 2.45) is 11.8 Å². The lowest BCUT2D eigenvalue weighted by molar-refractivity contribution is -0.137. The van der Waals surface area contributed by atoms with Crippen molar-refractivity contribution in [2.75, 3.05) is 44.2 Å². The van der Waals surface area contributed by atoms with E-state index in [0.29, 0.717) is 19.5 Å². The molecule has 2 amide bonds. The van der Waals surface area contributed by atoms with E-state index in [-0.39, 0.29) is 29.5 Å². The van der Waals surface area contributed by atoms with Crippen molar-refractivity contribution >= 4 is 17.5 Å². The number of carbonyl (C=O) groups is 2. The van der Waals surface area contributed by atoms with Gasteiger partial charge in [0.05, 0.1) is 11.8 Å². The van der Waals surface area contributed by atoms with E-state index in [1.807, 2.05) is 9.80 Å². The third-order valence-corrected chi connectivity index (χ3v) is 5.63. The molecule has 1 aromatic rings. The predicted molar refractivity (Wildman–Crippen MR) is 92.6 cm³/mol. The van der Waals surface area contributed by atoms with Crippen LogP contribution in [-0.2, 0) is 9.59 Å². The van der Waals surface area contributed by atoms with Gasteiger partial charge in [0.15, 0.2) is 0 Å². The van der Waals surface area contributed by atoms with Gasteiger partial charge < -0.3 is 14.7 Å². The Labute approximate surface area is 147 Å². The number of hydrogen-bond acceptors (Lipinski definition) is 3. The molecule has 6 heteroatoms. The quantitative estimate of drug-likeness (QED) is 0.838. The highest BCUT2D eigenvalue weighted by Gasteiger charge is 2.51. The molecule has 1 aliphatic carbocycles. The van der Waals surface area contributed by atoms with Gasteiger partial charge >= 0.3 is 0 Å². The van der Waals surface area contributed by atoms with Crippen LogP contribution < -0.4 is 4.90 Å². The van der Waals surface area contributed by atoms with Gasteiger partial charge in [0.1, 0.15) is 5.82 Å². The lowest BCUT2D eigenvalue weighted by Gasteiger charge is -2.36. The molecular formula is C19H24FN3O2. The van der Waals surface area contributed by atoms with Crippen LogP contribution in [0.25, 0.3) is 0 Å². The topological polar surface area (TPSA) is 43.9 Å². The van der Waals surface area contributed by atoms with Crippen LogP contribution in [0.5, 0.6) is 0 Å². The van der Waals surface area contributed by atoms with Crippen LogP contribution in [0, 0.1) is 17.7 Å². The number of halogens is 1. The fourth-order valence-corrected chi connectivity index (χ4v) is 3.98. The molecule has 134 valence electrons. The van der Waals surface area contributed by atoms with Crippen LogP contribution >= 0.6 is 0 Å².